The Bertz CT molecular complexity index is 1130. The van der Waals surface area contributed by atoms with Gasteiger partial charge in [-0.15, -0.1) is 0 Å². The van der Waals surface area contributed by atoms with E-state index in [2.05, 4.69) is 21.2 Å². The lowest BCUT2D eigenvalue weighted by atomic mass is 10.1. The van der Waals surface area contributed by atoms with Crippen molar-refractivity contribution in [3.8, 4) is 5.75 Å². The van der Waals surface area contributed by atoms with Gasteiger partial charge in [0.05, 0.1) is 6.33 Å². The predicted octanol–water partition coefficient (Wildman–Crippen LogP) is 2.76. The van der Waals surface area contributed by atoms with E-state index >= 15 is 0 Å². The number of carbonyl (C=O) groups excluding carboxylic acids is 3. The van der Waals surface area contributed by atoms with Crippen molar-refractivity contribution < 1.29 is 19.1 Å². The minimum Gasteiger partial charge on any atom is -0.481 e. The van der Waals surface area contributed by atoms with Gasteiger partial charge in [-0.1, -0.05) is 18.2 Å². The Hall–Kier alpha value is -4.14. The third-order valence-corrected chi connectivity index (χ3v) is 5.09. The lowest BCUT2D eigenvalue weighted by Crippen LogP contribution is -2.47. The summed E-state index contributed by atoms with van der Waals surface area (Å²) in [7, 11) is 0. The van der Waals surface area contributed by atoms with Crippen LogP contribution in [0.15, 0.2) is 61.2 Å². The summed E-state index contributed by atoms with van der Waals surface area (Å²) in [4.78, 5) is 40.9. The number of hydrazine groups is 1. The second-order valence-corrected chi connectivity index (χ2v) is 7.58. The molecule has 0 aliphatic carbocycles. The summed E-state index contributed by atoms with van der Waals surface area (Å²) < 4.78 is 7.52. The molecule has 0 saturated heterocycles. The van der Waals surface area contributed by atoms with Crippen LogP contribution in [0.5, 0.6) is 5.75 Å². The van der Waals surface area contributed by atoms with Crippen molar-refractivity contribution in [1.82, 2.24) is 20.4 Å². The molecule has 3 aromatic rings. The Morgan fingerprint density at radius 3 is 2.64 bits per heavy atom. The van der Waals surface area contributed by atoms with Gasteiger partial charge in [0.1, 0.15) is 5.75 Å². The molecule has 0 bridgehead atoms. The van der Waals surface area contributed by atoms with Crippen LogP contribution in [0.1, 0.15) is 34.8 Å². The molecule has 0 aliphatic rings. The minimum absolute atomic E-state index is 0.188. The first kappa shape index (κ1) is 23.5. The molecule has 0 spiro atoms. The summed E-state index contributed by atoms with van der Waals surface area (Å²) in [5.41, 5.74) is 7.52. The second kappa shape index (κ2) is 10.9. The maximum Gasteiger partial charge on any atom is 0.279 e. The van der Waals surface area contributed by atoms with E-state index in [-0.39, 0.29) is 17.9 Å². The average Bonchev–Trinajstić information content (AvgIpc) is 3.33. The number of anilines is 1. The molecule has 1 heterocycles. The first-order valence-electron chi connectivity index (χ1n) is 10.5. The summed E-state index contributed by atoms with van der Waals surface area (Å²) >= 11 is 0. The average molecular weight is 450 g/mol. The molecule has 3 N–H and O–H groups in total. The highest BCUT2D eigenvalue weighted by Crippen LogP contribution is 2.21. The van der Waals surface area contributed by atoms with Gasteiger partial charge in [-0.2, -0.15) is 0 Å². The van der Waals surface area contributed by atoms with Gasteiger partial charge in [0.25, 0.3) is 11.8 Å². The summed E-state index contributed by atoms with van der Waals surface area (Å²) in [5, 5.41) is 2.76. The first-order valence-corrected chi connectivity index (χ1v) is 10.5. The van der Waals surface area contributed by atoms with Crippen LogP contribution in [0.25, 0.3) is 0 Å². The van der Waals surface area contributed by atoms with Gasteiger partial charge in [0, 0.05) is 36.6 Å². The van der Waals surface area contributed by atoms with Crippen LogP contribution in [0.2, 0.25) is 0 Å². The Morgan fingerprint density at radius 2 is 1.88 bits per heavy atom. The van der Waals surface area contributed by atoms with E-state index in [9.17, 15) is 14.4 Å². The van der Waals surface area contributed by atoms with Gasteiger partial charge >= 0.3 is 0 Å². The van der Waals surface area contributed by atoms with Gasteiger partial charge in [-0.3, -0.25) is 25.2 Å². The third kappa shape index (κ3) is 6.67. The standard InChI is InChI=1S/C24H27N5O4/c1-16-6-4-9-21(17(16)2)33-18(3)23(31)27-28-24(32)19-7-5-8-20(14-19)26-22(30)10-12-29-13-11-25-15-29/h4-9,11,13-15,18H,10,12H2,1-3H3,(H,26,30)(H,27,31)(H,28,32). The molecule has 172 valence electrons. The quantitative estimate of drug-likeness (QED) is 0.458. The summed E-state index contributed by atoms with van der Waals surface area (Å²) in [5.74, 6) is -0.586. The molecule has 3 amide bonds. The lowest BCUT2D eigenvalue weighted by Gasteiger charge is -2.17. The fourth-order valence-corrected chi connectivity index (χ4v) is 3.00. The highest BCUT2D eigenvalue weighted by Gasteiger charge is 2.17. The number of imidazole rings is 1. The molecule has 33 heavy (non-hydrogen) atoms. The number of nitrogens with one attached hydrogen (secondary N) is 3. The van der Waals surface area contributed by atoms with E-state index in [1.807, 2.05) is 26.0 Å². The fourth-order valence-electron chi connectivity index (χ4n) is 3.00. The number of rotatable bonds is 8. The van der Waals surface area contributed by atoms with E-state index in [0.29, 0.717) is 18.0 Å². The van der Waals surface area contributed by atoms with Crippen molar-refractivity contribution in [2.24, 2.45) is 0 Å². The molecule has 9 heteroatoms. The van der Waals surface area contributed by atoms with Crippen molar-refractivity contribution in [1.29, 1.82) is 0 Å². The van der Waals surface area contributed by atoms with E-state index in [1.165, 1.54) is 6.07 Å². The molecule has 0 radical (unpaired) electrons. The number of nitrogens with zero attached hydrogens (tertiary/aromatic N) is 2. The molecule has 0 aliphatic heterocycles. The summed E-state index contributed by atoms with van der Waals surface area (Å²) in [6.07, 6.45) is 4.52. The van der Waals surface area contributed by atoms with Crippen molar-refractivity contribution >= 4 is 23.4 Å². The number of hydrogen-bond donors (Lipinski definition) is 3. The van der Waals surface area contributed by atoms with Crippen molar-refractivity contribution in [3.63, 3.8) is 0 Å². The highest BCUT2D eigenvalue weighted by molar-refractivity contribution is 5.98. The zero-order valence-corrected chi connectivity index (χ0v) is 18.8. The summed E-state index contributed by atoms with van der Waals surface area (Å²) in [6.45, 7) is 5.98. The van der Waals surface area contributed by atoms with Gasteiger partial charge < -0.3 is 14.6 Å². The Kier molecular flexibility index (Phi) is 7.80. The molecule has 1 atom stereocenters. The van der Waals surface area contributed by atoms with Crippen LogP contribution < -0.4 is 20.9 Å². The lowest BCUT2D eigenvalue weighted by molar-refractivity contribution is -0.128. The monoisotopic (exact) mass is 449 g/mol. The number of amides is 3. The van der Waals surface area contributed by atoms with Crippen LogP contribution in [0.3, 0.4) is 0 Å². The van der Waals surface area contributed by atoms with Crippen molar-refractivity contribution in [2.75, 3.05) is 5.32 Å². The Balaban J connectivity index is 1.50. The van der Waals surface area contributed by atoms with E-state index in [0.717, 1.165) is 11.1 Å². The number of carbonyl (C=O) groups is 3. The Morgan fingerprint density at radius 1 is 1.09 bits per heavy atom. The molecule has 0 saturated carbocycles. The fraction of sp³-hybridized carbons (Fsp3) is 0.250. The molecule has 9 nitrogen and oxygen atoms in total. The summed E-state index contributed by atoms with van der Waals surface area (Å²) in [6, 6.07) is 12.1. The van der Waals surface area contributed by atoms with Crippen LogP contribution >= 0.6 is 0 Å². The molecule has 2 aromatic carbocycles. The zero-order valence-electron chi connectivity index (χ0n) is 18.8. The Labute approximate surface area is 192 Å². The smallest absolute Gasteiger partial charge is 0.279 e. The van der Waals surface area contributed by atoms with E-state index in [1.54, 1.807) is 54.5 Å². The first-order chi connectivity index (χ1) is 15.8. The van der Waals surface area contributed by atoms with Gasteiger partial charge in [0.15, 0.2) is 6.10 Å². The largest absolute Gasteiger partial charge is 0.481 e. The van der Waals surface area contributed by atoms with Crippen LogP contribution in [-0.2, 0) is 16.1 Å². The highest BCUT2D eigenvalue weighted by atomic mass is 16.5. The van der Waals surface area contributed by atoms with Gasteiger partial charge in [-0.05, 0) is 56.2 Å². The molecule has 0 fully saturated rings. The molecular formula is C24H27N5O4. The van der Waals surface area contributed by atoms with Gasteiger partial charge in [-0.25, -0.2) is 4.98 Å². The zero-order chi connectivity index (χ0) is 23.8. The molecular weight excluding hydrogens is 422 g/mol. The third-order valence-electron chi connectivity index (χ3n) is 5.09. The second-order valence-electron chi connectivity index (χ2n) is 7.58. The number of aryl methyl sites for hydroxylation is 2. The predicted molar refractivity (Wildman–Crippen MR) is 124 cm³/mol. The molecule has 1 unspecified atom stereocenters. The number of aromatic nitrogens is 2. The maximum atomic E-state index is 12.5. The van der Waals surface area contributed by atoms with Crippen LogP contribution in [-0.4, -0.2) is 33.4 Å². The molecule has 3 rings (SSSR count). The number of ether oxygens (including phenoxy) is 1. The molecule has 1 aromatic heterocycles. The van der Waals surface area contributed by atoms with Crippen molar-refractivity contribution in [2.45, 2.75) is 39.8 Å². The number of benzene rings is 2. The van der Waals surface area contributed by atoms with Crippen molar-refractivity contribution in [3.05, 3.63) is 77.9 Å². The maximum absolute atomic E-state index is 12.5. The van der Waals surface area contributed by atoms with Crippen LogP contribution in [0.4, 0.5) is 5.69 Å². The normalized spacial score (nSPS) is 11.4. The topological polar surface area (TPSA) is 114 Å². The van der Waals surface area contributed by atoms with Crippen LogP contribution in [0, 0.1) is 13.8 Å². The SMILES string of the molecule is Cc1cccc(OC(C)C(=O)NNC(=O)c2cccc(NC(=O)CCn3ccnc3)c2)c1C. The minimum atomic E-state index is -0.813. The number of hydrogen-bond acceptors (Lipinski definition) is 5. The van der Waals surface area contributed by atoms with E-state index in [4.69, 9.17) is 4.74 Å². The van der Waals surface area contributed by atoms with Gasteiger partial charge in [0.2, 0.25) is 5.91 Å². The van der Waals surface area contributed by atoms with E-state index < -0.39 is 17.9 Å².